The highest BCUT2D eigenvalue weighted by atomic mass is 32.1. The summed E-state index contributed by atoms with van der Waals surface area (Å²) in [6.07, 6.45) is 6.58. The van der Waals surface area contributed by atoms with Gasteiger partial charge in [0.05, 0.1) is 0 Å². The molecule has 4 nitrogen and oxygen atoms in total. The molecule has 0 radical (unpaired) electrons. The quantitative estimate of drug-likeness (QED) is 0.231. The summed E-state index contributed by atoms with van der Waals surface area (Å²) in [5.41, 5.74) is 9.12. The van der Waals surface area contributed by atoms with Crippen LogP contribution in [-0.4, -0.2) is 16.3 Å². The van der Waals surface area contributed by atoms with Crippen LogP contribution in [0.15, 0.2) is 71.4 Å². The van der Waals surface area contributed by atoms with Crippen molar-refractivity contribution in [2.24, 2.45) is 5.73 Å². The van der Waals surface area contributed by atoms with E-state index in [1.165, 1.54) is 32.1 Å². The van der Waals surface area contributed by atoms with Gasteiger partial charge in [0.2, 0.25) is 0 Å². The Labute approximate surface area is 209 Å². The highest BCUT2D eigenvalue weighted by Crippen LogP contribution is 2.35. The second-order valence-corrected chi connectivity index (χ2v) is 10.4. The third kappa shape index (κ3) is 6.07. The minimum atomic E-state index is 0.303. The average Bonchev–Trinajstić information content (AvgIpc) is 3.60. The van der Waals surface area contributed by atoms with Crippen LogP contribution >= 0.6 is 22.7 Å². The lowest BCUT2D eigenvalue weighted by molar-refractivity contribution is 0.369. The van der Waals surface area contributed by atoms with Crippen LogP contribution in [0, 0.1) is 0 Å². The van der Waals surface area contributed by atoms with E-state index in [2.05, 4.69) is 11.4 Å². The van der Waals surface area contributed by atoms with Gasteiger partial charge in [-0.2, -0.15) is 0 Å². The number of phenolic OH excluding ortho intramolecular Hbond substituents is 2. The second kappa shape index (κ2) is 12.2. The number of aromatic hydroxyl groups is 2. The number of nitrogens with one attached hydrogen (secondary N) is 1. The molecule has 6 heteroatoms. The molecule has 0 unspecified atom stereocenters. The monoisotopic (exact) mass is 492 g/mol. The summed E-state index contributed by atoms with van der Waals surface area (Å²) >= 11 is 3.27. The summed E-state index contributed by atoms with van der Waals surface area (Å²) in [6, 6.07) is 20.3. The molecule has 4 aromatic rings. The smallest absolute Gasteiger partial charge is 0.128 e. The lowest BCUT2D eigenvalue weighted by Crippen LogP contribution is -2.30. The molecule has 0 spiro atoms. The van der Waals surface area contributed by atoms with E-state index in [9.17, 15) is 10.2 Å². The fraction of sp³-hybridized carbons (Fsp3) is 0.286. The predicted molar refractivity (Wildman–Crippen MR) is 144 cm³/mol. The van der Waals surface area contributed by atoms with Crippen molar-refractivity contribution in [1.29, 1.82) is 0 Å². The van der Waals surface area contributed by atoms with E-state index in [-0.39, 0.29) is 0 Å². The molecule has 1 fully saturated rings. The van der Waals surface area contributed by atoms with Gasteiger partial charge in [0.1, 0.15) is 11.5 Å². The molecule has 34 heavy (non-hydrogen) atoms. The van der Waals surface area contributed by atoms with Gasteiger partial charge >= 0.3 is 0 Å². The van der Waals surface area contributed by atoms with Gasteiger partial charge in [0.15, 0.2) is 0 Å². The van der Waals surface area contributed by atoms with Crippen LogP contribution in [0.1, 0.15) is 43.2 Å². The molecular formula is C28H32N2O2S2. The largest absolute Gasteiger partial charge is 0.507 e. The third-order valence-electron chi connectivity index (χ3n) is 6.22. The summed E-state index contributed by atoms with van der Waals surface area (Å²) < 4.78 is 0. The predicted octanol–water partition coefficient (Wildman–Crippen LogP) is 7.12. The molecule has 5 rings (SSSR count). The van der Waals surface area contributed by atoms with Crippen molar-refractivity contribution < 1.29 is 10.2 Å². The second-order valence-electron chi connectivity index (χ2n) is 8.50. The summed E-state index contributed by atoms with van der Waals surface area (Å²) in [4.78, 5) is 2.19. The van der Waals surface area contributed by atoms with Crippen molar-refractivity contribution in [3.05, 3.63) is 82.6 Å². The Bertz CT molecular complexity index is 1150. The third-order valence-corrected chi connectivity index (χ3v) is 8.03. The topological polar surface area (TPSA) is 78.5 Å². The van der Waals surface area contributed by atoms with Gasteiger partial charge in [-0.25, -0.2) is 0 Å². The van der Waals surface area contributed by atoms with Crippen molar-refractivity contribution in [2.45, 2.75) is 51.2 Å². The van der Waals surface area contributed by atoms with Gasteiger partial charge in [0.25, 0.3) is 0 Å². The zero-order chi connectivity index (χ0) is 23.8. The molecule has 2 aromatic heterocycles. The number of hydrogen-bond donors (Lipinski definition) is 4. The first-order chi connectivity index (χ1) is 16.7. The van der Waals surface area contributed by atoms with Crippen LogP contribution in [-0.2, 0) is 13.1 Å². The Balaban J connectivity index is 0.000000172. The van der Waals surface area contributed by atoms with E-state index in [0.29, 0.717) is 24.1 Å². The number of benzene rings is 2. The normalized spacial score (nSPS) is 13.9. The van der Waals surface area contributed by atoms with Gasteiger partial charge in [-0.05, 0) is 47.9 Å². The first-order valence-corrected chi connectivity index (χ1v) is 13.6. The summed E-state index contributed by atoms with van der Waals surface area (Å²) in [5, 5.41) is 28.0. The summed E-state index contributed by atoms with van der Waals surface area (Å²) in [6.45, 7) is 1.13. The van der Waals surface area contributed by atoms with E-state index in [1.54, 1.807) is 22.7 Å². The number of para-hydroxylation sites is 2. The van der Waals surface area contributed by atoms with Gasteiger partial charge < -0.3 is 21.3 Å². The Morgan fingerprint density at radius 2 is 1.29 bits per heavy atom. The fourth-order valence-corrected chi connectivity index (χ4v) is 5.82. The van der Waals surface area contributed by atoms with E-state index in [4.69, 9.17) is 5.73 Å². The highest BCUT2D eigenvalue weighted by molar-refractivity contribution is 7.13. The summed E-state index contributed by atoms with van der Waals surface area (Å²) in [5.74, 6) is 0.732. The van der Waals surface area contributed by atoms with Crippen molar-refractivity contribution in [1.82, 2.24) is 5.32 Å². The van der Waals surface area contributed by atoms with Crippen LogP contribution in [0.4, 0.5) is 0 Å². The number of rotatable bonds is 6. The average molecular weight is 493 g/mol. The molecule has 5 N–H and O–H groups in total. The Hall–Kier alpha value is -2.64. The van der Waals surface area contributed by atoms with E-state index < -0.39 is 0 Å². The van der Waals surface area contributed by atoms with Gasteiger partial charge in [-0.1, -0.05) is 55.7 Å². The highest BCUT2D eigenvalue weighted by Gasteiger charge is 2.15. The minimum absolute atomic E-state index is 0.303. The molecule has 0 amide bonds. The SMILES string of the molecule is NCc1cccc(-c2cccs2)c1O.Oc1c(CNC2CCCCC2)cccc1-c1cccs1. The van der Waals surface area contributed by atoms with Crippen LogP contribution in [0.2, 0.25) is 0 Å². The standard InChI is InChI=1S/C17H21NOS.C11H11NOS/c19-17-13(12-18-14-7-2-1-3-8-14)6-4-9-15(17)16-10-5-11-20-16;12-7-8-3-1-4-9(11(8)13)10-5-2-6-14-10/h4-6,9-11,14,18-19H,1-3,7-8,12H2;1-6,13H,7,12H2. The minimum Gasteiger partial charge on any atom is -0.507 e. The maximum atomic E-state index is 10.5. The Morgan fingerprint density at radius 1 is 0.735 bits per heavy atom. The molecular weight excluding hydrogens is 460 g/mol. The van der Waals surface area contributed by atoms with E-state index in [1.807, 2.05) is 65.4 Å². The number of thiophene rings is 2. The van der Waals surface area contributed by atoms with Crippen molar-refractivity contribution in [3.63, 3.8) is 0 Å². The maximum absolute atomic E-state index is 10.5. The van der Waals surface area contributed by atoms with E-state index in [0.717, 1.165) is 38.6 Å². The molecule has 1 saturated carbocycles. The zero-order valence-electron chi connectivity index (χ0n) is 19.2. The zero-order valence-corrected chi connectivity index (χ0v) is 20.9. The van der Waals surface area contributed by atoms with Crippen LogP contribution in [0.5, 0.6) is 11.5 Å². The molecule has 1 aliphatic rings. The van der Waals surface area contributed by atoms with Crippen LogP contribution in [0.25, 0.3) is 20.9 Å². The lowest BCUT2D eigenvalue weighted by atomic mass is 9.95. The molecule has 0 atom stereocenters. The van der Waals surface area contributed by atoms with Gasteiger partial charge in [-0.15, -0.1) is 22.7 Å². The van der Waals surface area contributed by atoms with Crippen molar-refractivity contribution in [3.8, 4) is 32.4 Å². The van der Waals surface area contributed by atoms with Crippen LogP contribution in [0.3, 0.4) is 0 Å². The van der Waals surface area contributed by atoms with Crippen molar-refractivity contribution in [2.75, 3.05) is 0 Å². The molecule has 178 valence electrons. The van der Waals surface area contributed by atoms with E-state index >= 15 is 0 Å². The van der Waals surface area contributed by atoms with Crippen LogP contribution < -0.4 is 11.1 Å². The maximum Gasteiger partial charge on any atom is 0.128 e. The van der Waals surface area contributed by atoms with Gasteiger partial charge in [-0.3, -0.25) is 0 Å². The molecule has 0 saturated heterocycles. The first kappa shape index (κ1) is 24.5. The number of hydrogen-bond acceptors (Lipinski definition) is 6. The molecule has 1 aliphatic carbocycles. The first-order valence-electron chi connectivity index (χ1n) is 11.8. The number of phenols is 2. The molecule has 0 bridgehead atoms. The molecule has 2 heterocycles. The lowest BCUT2D eigenvalue weighted by Gasteiger charge is -2.23. The Kier molecular flexibility index (Phi) is 8.77. The molecule has 0 aliphatic heterocycles. The Morgan fingerprint density at radius 3 is 1.82 bits per heavy atom. The summed E-state index contributed by atoms with van der Waals surface area (Å²) in [7, 11) is 0. The fourth-order valence-electron chi connectivity index (χ4n) is 4.31. The van der Waals surface area contributed by atoms with Crippen molar-refractivity contribution >= 4 is 22.7 Å². The number of nitrogens with two attached hydrogens (primary N) is 1. The van der Waals surface area contributed by atoms with Gasteiger partial charge in [0, 0.05) is 51.1 Å². The molecule has 2 aromatic carbocycles.